The van der Waals surface area contributed by atoms with Gasteiger partial charge >= 0.3 is 5.97 Å². The number of nitrogens with one attached hydrogen (secondary N) is 1. The number of ketones is 1. The summed E-state index contributed by atoms with van der Waals surface area (Å²) < 4.78 is 29.7. The van der Waals surface area contributed by atoms with E-state index in [1.807, 2.05) is 0 Å². The molecule has 2 aromatic carbocycles. The van der Waals surface area contributed by atoms with Gasteiger partial charge in [-0.05, 0) is 55.5 Å². The van der Waals surface area contributed by atoms with Crippen LogP contribution in [0.5, 0.6) is 0 Å². The number of sulfonamides is 1. The van der Waals surface area contributed by atoms with E-state index in [1.54, 1.807) is 24.3 Å². The zero-order chi connectivity index (χ0) is 18.6. The zero-order valence-electron chi connectivity index (χ0n) is 13.5. The molecular weight excluding hydrogens is 366 g/mol. The minimum Gasteiger partial charge on any atom is -0.451 e. The molecule has 0 bridgehead atoms. The van der Waals surface area contributed by atoms with E-state index in [4.69, 9.17) is 16.3 Å². The van der Waals surface area contributed by atoms with Crippen LogP contribution in [0.25, 0.3) is 0 Å². The molecule has 0 aliphatic rings. The van der Waals surface area contributed by atoms with Crippen LogP contribution in [0.1, 0.15) is 27.6 Å². The molecule has 2 aromatic rings. The van der Waals surface area contributed by atoms with Crippen LogP contribution in [-0.2, 0) is 14.8 Å². The second-order valence-corrected chi connectivity index (χ2v) is 7.56. The number of ether oxygens (including phenoxy) is 1. The van der Waals surface area contributed by atoms with E-state index in [-0.39, 0.29) is 11.3 Å². The summed E-state index contributed by atoms with van der Waals surface area (Å²) in [7, 11) is -3.39. The van der Waals surface area contributed by atoms with E-state index < -0.39 is 22.1 Å². The number of hydrogen-bond acceptors (Lipinski definition) is 5. The zero-order valence-corrected chi connectivity index (χ0v) is 15.1. The third-order valence-electron chi connectivity index (χ3n) is 3.21. The lowest BCUT2D eigenvalue weighted by molar-refractivity contribution is 0.0319. The van der Waals surface area contributed by atoms with Crippen LogP contribution >= 0.6 is 11.6 Å². The summed E-state index contributed by atoms with van der Waals surface area (Å²) in [5.41, 5.74) is 0.913. The minimum absolute atomic E-state index is 0.204. The van der Waals surface area contributed by atoms with E-state index in [2.05, 4.69) is 4.72 Å². The van der Waals surface area contributed by atoms with Crippen LogP contribution in [0.2, 0.25) is 5.02 Å². The first kappa shape index (κ1) is 19.0. The van der Waals surface area contributed by atoms with Crippen molar-refractivity contribution in [1.29, 1.82) is 0 Å². The van der Waals surface area contributed by atoms with E-state index in [1.165, 1.54) is 31.2 Å². The van der Waals surface area contributed by atoms with E-state index >= 15 is 0 Å². The molecule has 0 saturated carbocycles. The first-order valence-corrected chi connectivity index (χ1v) is 9.51. The fourth-order valence-corrected chi connectivity index (χ4v) is 2.71. The number of anilines is 1. The molecule has 6 nitrogen and oxygen atoms in total. The Bertz CT molecular complexity index is 876. The van der Waals surface area contributed by atoms with Gasteiger partial charge in [0.1, 0.15) is 0 Å². The fraction of sp³-hybridized carbons (Fsp3) is 0.176. The average molecular weight is 382 g/mol. The molecule has 0 aromatic heterocycles. The lowest BCUT2D eigenvalue weighted by Gasteiger charge is -2.13. The molecule has 25 heavy (non-hydrogen) atoms. The number of halogens is 1. The molecule has 0 aliphatic heterocycles. The normalized spacial score (nSPS) is 12.3. The van der Waals surface area contributed by atoms with Crippen molar-refractivity contribution in [2.24, 2.45) is 0 Å². The predicted molar refractivity (Wildman–Crippen MR) is 95.6 cm³/mol. The van der Waals surface area contributed by atoms with Crippen LogP contribution in [0, 0.1) is 0 Å². The van der Waals surface area contributed by atoms with E-state index in [9.17, 15) is 18.0 Å². The number of carbonyl (C=O) groups is 2. The lowest BCUT2D eigenvalue weighted by Crippen LogP contribution is -2.24. The van der Waals surface area contributed by atoms with Gasteiger partial charge in [0.2, 0.25) is 15.8 Å². The monoisotopic (exact) mass is 381 g/mol. The van der Waals surface area contributed by atoms with Gasteiger partial charge in [0, 0.05) is 16.3 Å². The van der Waals surface area contributed by atoms with Gasteiger partial charge in [0.25, 0.3) is 0 Å². The lowest BCUT2D eigenvalue weighted by atomic mass is 10.1. The van der Waals surface area contributed by atoms with Crippen molar-refractivity contribution in [2.45, 2.75) is 13.0 Å². The highest BCUT2D eigenvalue weighted by atomic mass is 35.5. The van der Waals surface area contributed by atoms with Crippen molar-refractivity contribution < 1.29 is 22.7 Å². The standard InChI is InChI=1S/C17H16ClNO5S/c1-11(16(20)12-3-7-14(18)8-4-12)24-17(21)13-5-9-15(10-6-13)19-25(2,22)23/h3-11,19H,1-2H3/t11-/m0/s1. The summed E-state index contributed by atoms with van der Waals surface area (Å²) in [4.78, 5) is 24.3. The SMILES string of the molecule is C[C@H](OC(=O)c1ccc(NS(C)(=O)=O)cc1)C(=O)c1ccc(Cl)cc1. The van der Waals surface area contributed by atoms with Crippen LogP contribution in [-0.4, -0.2) is 32.5 Å². The number of benzene rings is 2. The minimum atomic E-state index is -3.39. The van der Waals surface area contributed by atoms with Crippen molar-refractivity contribution in [2.75, 3.05) is 11.0 Å². The summed E-state index contributed by atoms with van der Waals surface area (Å²) in [6.45, 7) is 1.48. The van der Waals surface area contributed by atoms with Crippen molar-refractivity contribution in [3.05, 3.63) is 64.7 Å². The van der Waals surface area contributed by atoms with Crippen molar-refractivity contribution >= 4 is 39.1 Å². The number of Topliss-reactive ketones (excluding diaryl/α,β-unsaturated/α-hetero) is 1. The Morgan fingerprint density at radius 2 is 1.52 bits per heavy atom. The maximum absolute atomic E-state index is 12.2. The molecule has 0 radical (unpaired) electrons. The third-order valence-corrected chi connectivity index (χ3v) is 4.06. The van der Waals surface area contributed by atoms with Crippen LogP contribution < -0.4 is 4.72 Å². The van der Waals surface area contributed by atoms with Crippen molar-refractivity contribution in [3.8, 4) is 0 Å². The van der Waals surface area contributed by atoms with Gasteiger partial charge in [-0.25, -0.2) is 13.2 Å². The molecule has 1 atom stereocenters. The second-order valence-electron chi connectivity index (χ2n) is 5.37. The highest BCUT2D eigenvalue weighted by molar-refractivity contribution is 7.92. The van der Waals surface area contributed by atoms with Crippen LogP contribution in [0.15, 0.2) is 48.5 Å². The molecule has 0 aliphatic carbocycles. The summed E-state index contributed by atoms with van der Waals surface area (Å²) in [5.74, 6) is -1.03. The largest absolute Gasteiger partial charge is 0.451 e. The number of carbonyl (C=O) groups excluding carboxylic acids is 2. The van der Waals surface area contributed by atoms with Crippen molar-refractivity contribution in [3.63, 3.8) is 0 Å². The number of esters is 1. The van der Waals surface area contributed by atoms with E-state index in [0.717, 1.165) is 6.26 Å². The van der Waals surface area contributed by atoms with Gasteiger partial charge in [-0.2, -0.15) is 0 Å². The Kier molecular flexibility index (Phi) is 5.81. The summed E-state index contributed by atoms with van der Waals surface area (Å²) in [6.07, 6.45) is 0.0571. The summed E-state index contributed by atoms with van der Waals surface area (Å²) in [5, 5.41) is 0.504. The summed E-state index contributed by atoms with van der Waals surface area (Å²) >= 11 is 5.77. The maximum atomic E-state index is 12.2. The van der Waals surface area contributed by atoms with Gasteiger partial charge in [0.05, 0.1) is 11.8 Å². The molecular formula is C17H16ClNO5S. The molecule has 0 saturated heterocycles. The Morgan fingerprint density at radius 1 is 1.00 bits per heavy atom. The van der Waals surface area contributed by atoms with Gasteiger partial charge in [0.15, 0.2) is 6.10 Å². The van der Waals surface area contributed by atoms with Gasteiger partial charge < -0.3 is 4.74 Å². The predicted octanol–water partition coefficient (Wildman–Crippen LogP) is 3.14. The van der Waals surface area contributed by atoms with Crippen LogP contribution in [0.3, 0.4) is 0 Å². The summed E-state index contributed by atoms with van der Waals surface area (Å²) in [6, 6.07) is 12.0. The van der Waals surface area contributed by atoms with Crippen LogP contribution in [0.4, 0.5) is 5.69 Å². The smallest absolute Gasteiger partial charge is 0.338 e. The number of hydrogen-bond donors (Lipinski definition) is 1. The molecule has 1 N–H and O–H groups in total. The Hall–Kier alpha value is -2.38. The fourth-order valence-electron chi connectivity index (χ4n) is 2.02. The highest BCUT2D eigenvalue weighted by Crippen LogP contribution is 2.15. The molecule has 0 amide bonds. The Morgan fingerprint density at radius 3 is 2.04 bits per heavy atom. The highest BCUT2D eigenvalue weighted by Gasteiger charge is 2.20. The first-order valence-electron chi connectivity index (χ1n) is 7.24. The topological polar surface area (TPSA) is 89.5 Å². The number of rotatable bonds is 6. The maximum Gasteiger partial charge on any atom is 0.338 e. The third kappa shape index (κ3) is 5.58. The quantitative estimate of drug-likeness (QED) is 0.613. The van der Waals surface area contributed by atoms with Gasteiger partial charge in [-0.1, -0.05) is 11.6 Å². The van der Waals surface area contributed by atoms with Crippen molar-refractivity contribution in [1.82, 2.24) is 0 Å². The average Bonchev–Trinajstić information content (AvgIpc) is 2.54. The Balaban J connectivity index is 2.03. The molecule has 0 fully saturated rings. The Labute approximate surface area is 150 Å². The molecule has 2 rings (SSSR count). The molecule has 0 spiro atoms. The molecule has 0 unspecified atom stereocenters. The van der Waals surface area contributed by atoms with Gasteiger partial charge in [-0.15, -0.1) is 0 Å². The van der Waals surface area contributed by atoms with E-state index in [0.29, 0.717) is 16.3 Å². The molecule has 0 heterocycles. The second kappa shape index (κ2) is 7.67. The van der Waals surface area contributed by atoms with Gasteiger partial charge in [-0.3, -0.25) is 9.52 Å². The molecule has 132 valence electrons. The molecule has 8 heteroatoms. The first-order chi connectivity index (χ1) is 11.7.